The van der Waals surface area contributed by atoms with Crippen LogP contribution in [0.2, 0.25) is 0 Å². The third-order valence-corrected chi connectivity index (χ3v) is 2.52. The monoisotopic (exact) mass is 244 g/mol. The lowest BCUT2D eigenvalue weighted by atomic mass is 10.2. The highest BCUT2D eigenvalue weighted by molar-refractivity contribution is 5.48. The van der Waals surface area contributed by atoms with Gasteiger partial charge in [0.1, 0.15) is 5.82 Å². The lowest BCUT2D eigenvalue weighted by Crippen LogP contribution is -2.11. The van der Waals surface area contributed by atoms with Crippen LogP contribution in [0, 0.1) is 24.1 Å². The van der Waals surface area contributed by atoms with Gasteiger partial charge in [-0.3, -0.25) is 4.68 Å². The summed E-state index contributed by atoms with van der Waals surface area (Å²) in [7, 11) is 0. The highest BCUT2D eigenvalue weighted by atomic mass is 19.1. The van der Waals surface area contributed by atoms with Crippen LogP contribution in [0.1, 0.15) is 11.1 Å². The van der Waals surface area contributed by atoms with E-state index in [1.54, 1.807) is 23.0 Å². The molecular weight excluding hydrogens is 231 g/mol. The van der Waals surface area contributed by atoms with Crippen molar-refractivity contribution in [3.05, 3.63) is 47.5 Å². The molecule has 18 heavy (non-hydrogen) atoms. The molecule has 5 heteroatoms. The first kappa shape index (κ1) is 12.1. The van der Waals surface area contributed by atoms with Crippen molar-refractivity contribution in [3.8, 4) is 6.07 Å². The lowest BCUT2D eigenvalue weighted by molar-refractivity contribution is 0.617. The molecule has 2 rings (SSSR count). The first-order valence-electron chi connectivity index (χ1n) is 5.61. The van der Waals surface area contributed by atoms with Gasteiger partial charge >= 0.3 is 0 Å². The van der Waals surface area contributed by atoms with Gasteiger partial charge in [-0.2, -0.15) is 10.4 Å². The molecule has 0 saturated carbocycles. The quantitative estimate of drug-likeness (QED) is 0.898. The van der Waals surface area contributed by atoms with E-state index in [9.17, 15) is 4.39 Å². The number of halogens is 1. The van der Waals surface area contributed by atoms with E-state index >= 15 is 0 Å². The molecule has 0 aliphatic heterocycles. The normalized spacial score (nSPS) is 10.1. The standard InChI is InChI=1S/C13H13FN4/c1-10-8-17-18(9-10)5-4-16-13-3-2-11(7-15)6-12(13)14/h2-3,6,8-9,16H,4-5H2,1H3. The highest BCUT2D eigenvalue weighted by Crippen LogP contribution is 2.14. The van der Waals surface area contributed by atoms with Gasteiger partial charge in [0.2, 0.25) is 0 Å². The average molecular weight is 244 g/mol. The third kappa shape index (κ3) is 2.86. The molecule has 0 saturated heterocycles. The molecule has 0 spiro atoms. The molecule has 0 bridgehead atoms. The van der Waals surface area contributed by atoms with Crippen LogP contribution in [-0.4, -0.2) is 16.3 Å². The first-order chi connectivity index (χ1) is 8.69. The van der Waals surface area contributed by atoms with Gasteiger partial charge in [0.05, 0.1) is 30.1 Å². The number of hydrogen-bond donors (Lipinski definition) is 1. The van der Waals surface area contributed by atoms with Gasteiger partial charge in [-0.15, -0.1) is 0 Å². The molecular formula is C13H13FN4. The number of aromatic nitrogens is 2. The molecule has 0 aliphatic rings. The zero-order chi connectivity index (χ0) is 13.0. The Bertz CT molecular complexity index is 583. The maximum Gasteiger partial charge on any atom is 0.147 e. The van der Waals surface area contributed by atoms with Gasteiger partial charge in [0, 0.05) is 12.7 Å². The summed E-state index contributed by atoms with van der Waals surface area (Å²) < 4.78 is 15.3. The number of benzene rings is 1. The summed E-state index contributed by atoms with van der Waals surface area (Å²) in [5.41, 5.74) is 1.82. The van der Waals surface area contributed by atoms with Gasteiger partial charge in [-0.05, 0) is 30.7 Å². The molecule has 1 N–H and O–H groups in total. The fourth-order valence-electron chi connectivity index (χ4n) is 1.62. The van der Waals surface area contributed by atoms with E-state index in [1.807, 2.05) is 19.2 Å². The van der Waals surface area contributed by atoms with E-state index in [4.69, 9.17) is 5.26 Å². The van der Waals surface area contributed by atoms with Gasteiger partial charge in [0.25, 0.3) is 0 Å². The van der Waals surface area contributed by atoms with Crippen molar-refractivity contribution >= 4 is 5.69 Å². The van der Waals surface area contributed by atoms with E-state index in [-0.39, 0.29) is 0 Å². The third-order valence-electron chi connectivity index (χ3n) is 2.52. The van der Waals surface area contributed by atoms with E-state index in [1.165, 1.54) is 6.07 Å². The molecule has 2 aromatic rings. The summed E-state index contributed by atoms with van der Waals surface area (Å²) in [4.78, 5) is 0. The van der Waals surface area contributed by atoms with Crippen LogP contribution in [0.5, 0.6) is 0 Å². The predicted octanol–water partition coefficient (Wildman–Crippen LogP) is 2.31. The van der Waals surface area contributed by atoms with Crippen molar-refractivity contribution < 1.29 is 4.39 Å². The molecule has 0 fully saturated rings. The summed E-state index contributed by atoms with van der Waals surface area (Å²) in [5.74, 6) is -0.411. The van der Waals surface area contributed by atoms with Crippen LogP contribution in [0.15, 0.2) is 30.6 Å². The topological polar surface area (TPSA) is 53.6 Å². The van der Waals surface area contributed by atoms with Crippen molar-refractivity contribution in [3.63, 3.8) is 0 Å². The van der Waals surface area contributed by atoms with E-state index in [0.717, 1.165) is 5.56 Å². The smallest absolute Gasteiger partial charge is 0.147 e. The van der Waals surface area contributed by atoms with Gasteiger partial charge in [-0.25, -0.2) is 4.39 Å². The molecule has 0 aliphatic carbocycles. The minimum atomic E-state index is -0.411. The fourth-order valence-corrected chi connectivity index (χ4v) is 1.62. The Hall–Kier alpha value is -2.35. The number of nitrogens with zero attached hydrogens (tertiary/aromatic N) is 3. The summed E-state index contributed by atoms with van der Waals surface area (Å²) in [5, 5.41) is 15.7. The molecule has 1 heterocycles. The number of nitrogens with one attached hydrogen (secondary N) is 1. The lowest BCUT2D eigenvalue weighted by Gasteiger charge is -2.07. The Balaban J connectivity index is 1.92. The number of anilines is 1. The maximum absolute atomic E-state index is 13.5. The fraction of sp³-hybridized carbons (Fsp3) is 0.231. The molecule has 1 aromatic carbocycles. The summed E-state index contributed by atoms with van der Waals surface area (Å²) in [6, 6.07) is 6.28. The van der Waals surface area contributed by atoms with Crippen molar-refractivity contribution in [1.82, 2.24) is 9.78 Å². The van der Waals surface area contributed by atoms with Crippen LogP contribution in [0.3, 0.4) is 0 Å². The Morgan fingerprint density at radius 3 is 2.94 bits per heavy atom. The van der Waals surface area contributed by atoms with Gasteiger partial charge in [-0.1, -0.05) is 0 Å². The summed E-state index contributed by atoms with van der Waals surface area (Å²) in [6.07, 6.45) is 3.71. The minimum Gasteiger partial charge on any atom is -0.381 e. The van der Waals surface area contributed by atoms with Gasteiger partial charge < -0.3 is 5.32 Å². The van der Waals surface area contributed by atoms with Crippen molar-refractivity contribution in [2.45, 2.75) is 13.5 Å². The average Bonchev–Trinajstić information content (AvgIpc) is 2.77. The number of hydrogen-bond acceptors (Lipinski definition) is 3. The Labute approximate surface area is 105 Å². The predicted molar refractivity (Wildman–Crippen MR) is 66.6 cm³/mol. The van der Waals surface area contributed by atoms with Crippen molar-refractivity contribution in [1.29, 1.82) is 5.26 Å². The Kier molecular flexibility index (Phi) is 3.58. The largest absolute Gasteiger partial charge is 0.381 e. The molecule has 0 radical (unpaired) electrons. The van der Waals surface area contributed by atoms with Crippen LogP contribution >= 0.6 is 0 Å². The van der Waals surface area contributed by atoms with E-state index in [0.29, 0.717) is 24.3 Å². The number of nitriles is 1. The maximum atomic E-state index is 13.5. The zero-order valence-electron chi connectivity index (χ0n) is 10.0. The second kappa shape index (κ2) is 5.32. The van der Waals surface area contributed by atoms with Crippen LogP contribution < -0.4 is 5.32 Å². The molecule has 1 aromatic heterocycles. The van der Waals surface area contributed by atoms with Crippen LogP contribution in [-0.2, 0) is 6.54 Å². The highest BCUT2D eigenvalue weighted by Gasteiger charge is 2.02. The number of aryl methyl sites for hydroxylation is 1. The summed E-state index contributed by atoms with van der Waals surface area (Å²) >= 11 is 0. The zero-order valence-corrected chi connectivity index (χ0v) is 10.0. The Morgan fingerprint density at radius 1 is 1.50 bits per heavy atom. The molecule has 4 nitrogen and oxygen atoms in total. The van der Waals surface area contributed by atoms with Gasteiger partial charge in [0.15, 0.2) is 0 Å². The summed E-state index contributed by atoms with van der Waals surface area (Å²) in [6.45, 7) is 3.20. The van der Waals surface area contributed by atoms with Crippen LogP contribution in [0.25, 0.3) is 0 Å². The van der Waals surface area contributed by atoms with E-state index < -0.39 is 5.82 Å². The SMILES string of the molecule is Cc1cnn(CCNc2ccc(C#N)cc2F)c1. The minimum absolute atomic E-state index is 0.320. The van der Waals surface area contributed by atoms with Crippen LogP contribution in [0.4, 0.5) is 10.1 Å². The second-order valence-corrected chi connectivity index (χ2v) is 4.01. The number of rotatable bonds is 4. The van der Waals surface area contributed by atoms with Crippen molar-refractivity contribution in [2.24, 2.45) is 0 Å². The first-order valence-corrected chi connectivity index (χ1v) is 5.61. The molecule has 0 atom stereocenters. The Morgan fingerprint density at radius 2 is 2.33 bits per heavy atom. The van der Waals surface area contributed by atoms with E-state index in [2.05, 4.69) is 10.4 Å². The molecule has 92 valence electrons. The molecule has 0 amide bonds. The molecule has 0 unspecified atom stereocenters. The van der Waals surface area contributed by atoms with Crippen molar-refractivity contribution in [2.75, 3.05) is 11.9 Å². The second-order valence-electron chi connectivity index (χ2n) is 4.01.